The molecule has 3 aromatic rings. The van der Waals surface area contributed by atoms with Crippen LogP contribution in [0.1, 0.15) is 10.5 Å². The Morgan fingerprint density at radius 1 is 1.29 bits per heavy atom. The number of hydrogen-bond donors (Lipinski definition) is 1. The van der Waals surface area contributed by atoms with Crippen LogP contribution in [0, 0.1) is 0 Å². The maximum absolute atomic E-state index is 10.8. The summed E-state index contributed by atoms with van der Waals surface area (Å²) in [6.07, 6.45) is 3.73. The van der Waals surface area contributed by atoms with Crippen molar-refractivity contribution in [2.45, 2.75) is 0 Å². The Balaban J connectivity index is 2.12. The highest BCUT2D eigenvalue weighted by molar-refractivity contribution is 7.15. The van der Waals surface area contributed by atoms with E-state index < -0.39 is 5.97 Å². The van der Waals surface area contributed by atoms with Crippen LogP contribution in [0.3, 0.4) is 0 Å². The number of thiazole rings is 1. The van der Waals surface area contributed by atoms with Crippen molar-refractivity contribution in [3.63, 3.8) is 0 Å². The molecule has 0 aliphatic heterocycles. The molecule has 6 heteroatoms. The molecule has 0 unspecified atom stereocenters. The van der Waals surface area contributed by atoms with Gasteiger partial charge in [-0.15, -0.1) is 11.3 Å². The van der Waals surface area contributed by atoms with Crippen molar-refractivity contribution in [3.05, 3.63) is 41.7 Å². The average molecular weight is 245 g/mol. The number of carbonyl (C=O) groups is 1. The van der Waals surface area contributed by atoms with Crippen LogP contribution in [0.4, 0.5) is 0 Å². The summed E-state index contributed by atoms with van der Waals surface area (Å²) in [4.78, 5) is 20.1. The lowest BCUT2D eigenvalue weighted by Gasteiger charge is -1.97. The van der Waals surface area contributed by atoms with E-state index in [1.54, 1.807) is 12.1 Å². The zero-order chi connectivity index (χ0) is 11.8. The van der Waals surface area contributed by atoms with Crippen molar-refractivity contribution < 1.29 is 9.90 Å². The molecule has 0 saturated heterocycles. The van der Waals surface area contributed by atoms with Crippen LogP contribution in [0.25, 0.3) is 16.3 Å². The number of aromatic carboxylic acids is 1. The Bertz CT molecular complexity index is 673. The first-order chi connectivity index (χ1) is 8.24. The number of fused-ring (bicyclic) bond motifs is 1. The molecule has 0 aliphatic carbocycles. The lowest BCUT2D eigenvalue weighted by molar-refractivity contribution is 0.0690. The standard InChI is InChI=1S/C11H7N3O2S/c15-10(16)8-3-1-2-7(12-8)9-6-14-4-5-17-11(14)13-9/h1-6H,(H,15,16). The number of aromatic nitrogens is 3. The molecular formula is C11H7N3O2S. The van der Waals surface area contributed by atoms with Crippen LogP contribution in [0.15, 0.2) is 36.0 Å². The first-order valence-electron chi connectivity index (χ1n) is 4.87. The second-order valence-corrected chi connectivity index (χ2v) is 4.31. The highest BCUT2D eigenvalue weighted by Gasteiger charge is 2.09. The van der Waals surface area contributed by atoms with Crippen molar-refractivity contribution in [2.75, 3.05) is 0 Å². The van der Waals surface area contributed by atoms with E-state index >= 15 is 0 Å². The molecule has 0 atom stereocenters. The number of carboxylic acids is 1. The van der Waals surface area contributed by atoms with Crippen LogP contribution in [0.2, 0.25) is 0 Å². The molecule has 3 aromatic heterocycles. The quantitative estimate of drug-likeness (QED) is 0.751. The van der Waals surface area contributed by atoms with Gasteiger partial charge in [-0.3, -0.25) is 4.40 Å². The third kappa shape index (κ3) is 1.68. The van der Waals surface area contributed by atoms with E-state index in [1.807, 2.05) is 22.2 Å². The topological polar surface area (TPSA) is 67.5 Å². The maximum atomic E-state index is 10.8. The molecule has 0 spiro atoms. The first-order valence-corrected chi connectivity index (χ1v) is 5.75. The molecule has 0 fully saturated rings. The molecule has 5 nitrogen and oxygen atoms in total. The van der Waals surface area contributed by atoms with Gasteiger partial charge in [0, 0.05) is 17.8 Å². The second-order valence-electron chi connectivity index (χ2n) is 3.43. The van der Waals surface area contributed by atoms with Gasteiger partial charge >= 0.3 is 5.97 Å². The van der Waals surface area contributed by atoms with Gasteiger partial charge in [0.1, 0.15) is 11.4 Å². The van der Waals surface area contributed by atoms with Gasteiger partial charge in [-0.1, -0.05) is 6.07 Å². The Hall–Kier alpha value is -2.21. The minimum absolute atomic E-state index is 0.0267. The smallest absolute Gasteiger partial charge is 0.354 e. The van der Waals surface area contributed by atoms with Gasteiger partial charge in [-0.25, -0.2) is 14.8 Å². The number of nitrogens with zero attached hydrogens (tertiary/aromatic N) is 3. The normalized spacial score (nSPS) is 10.8. The fraction of sp³-hybridized carbons (Fsp3) is 0. The van der Waals surface area contributed by atoms with Crippen LogP contribution >= 0.6 is 11.3 Å². The number of imidazole rings is 1. The SMILES string of the molecule is O=C(O)c1cccc(-c2cn3ccsc3n2)n1. The van der Waals surface area contributed by atoms with Gasteiger partial charge in [0.05, 0.1) is 5.69 Å². The molecule has 0 aliphatic rings. The highest BCUT2D eigenvalue weighted by Crippen LogP contribution is 2.19. The fourth-order valence-electron chi connectivity index (χ4n) is 1.55. The Labute approximate surface area is 100 Å². The van der Waals surface area contributed by atoms with Crippen molar-refractivity contribution in [1.82, 2.24) is 14.4 Å². The van der Waals surface area contributed by atoms with E-state index in [2.05, 4.69) is 9.97 Å². The van der Waals surface area contributed by atoms with E-state index in [0.29, 0.717) is 11.4 Å². The van der Waals surface area contributed by atoms with Crippen LogP contribution in [0.5, 0.6) is 0 Å². The lowest BCUT2D eigenvalue weighted by Crippen LogP contribution is -2.00. The molecular weight excluding hydrogens is 238 g/mol. The summed E-state index contributed by atoms with van der Waals surface area (Å²) in [6, 6.07) is 4.88. The largest absolute Gasteiger partial charge is 0.477 e. The zero-order valence-electron chi connectivity index (χ0n) is 8.57. The van der Waals surface area contributed by atoms with E-state index in [4.69, 9.17) is 5.11 Å². The van der Waals surface area contributed by atoms with Crippen LogP contribution < -0.4 is 0 Å². The maximum Gasteiger partial charge on any atom is 0.354 e. The number of hydrogen-bond acceptors (Lipinski definition) is 4. The van der Waals surface area contributed by atoms with Crippen molar-refractivity contribution in [1.29, 1.82) is 0 Å². The van der Waals surface area contributed by atoms with Gasteiger partial charge in [-0.05, 0) is 12.1 Å². The van der Waals surface area contributed by atoms with E-state index in [0.717, 1.165) is 4.96 Å². The molecule has 3 rings (SSSR count). The van der Waals surface area contributed by atoms with Crippen molar-refractivity contribution in [3.8, 4) is 11.4 Å². The predicted octanol–water partition coefficient (Wildman–Crippen LogP) is 2.16. The number of carboxylic acid groups (broad SMARTS) is 1. The summed E-state index contributed by atoms with van der Waals surface area (Å²) in [7, 11) is 0. The van der Waals surface area contributed by atoms with Crippen molar-refractivity contribution in [2.24, 2.45) is 0 Å². The Kier molecular flexibility index (Phi) is 2.15. The third-order valence-electron chi connectivity index (χ3n) is 2.32. The lowest BCUT2D eigenvalue weighted by atomic mass is 10.2. The van der Waals surface area contributed by atoms with E-state index in [9.17, 15) is 4.79 Å². The summed E-state index contributed by atoms with van der Waals surface area (Å²) in [5.41, 5.74) is 1.28. The van der Waals surface area contributed by atoms with Gasteiger partial charge in [-0.2, -0.15) is 0 Å². The first kappa shape index (κ1) is 9.98. The number of rotatable bonds is 2. The number of pyridine rings is 1. The Morgan fingerprint density at radius 3 is 2.94 bits per heavy atom. The van der Waals surface area contributed by atoms with E-state index in [-0.39, 0.29) is 5.69 Å². The molecule has 17 heavy (non-hydrogen) atoms. The monoisotopic (exact) mass is 245 g/mol. The average Bonchev–Trinajstić information content (AvgIpc) is 2.89. The molecule has 84 valence electrons. The summed E-state index contributed by atoms with van der Waals surface area (Å²) in [6.45, 7) is 0. The van der Waals surface area contributed by atoms with Gasteiger partial charge in [0.15, 0.2) is 4.96 Å². The molecule has 0 saturated carbocycles. The fourth-order valence-corrected chi connectivity index (χ4v) is 2.25. The highest BCUT2D eigenvalue weighted by atomic mass is 32.1. The molecule has 3 heterocycles. The van der Waals surface area contributed by atoms with E-state index in [1.165, 1.54) is 17.4 Å². The van der Waals surface area contributed by atoms with Crippen LogP contribution in [-0.4, -0.2) is 25.4 Å². The Morgan fingerprint density at radius 2 is 2.18 bits per heavy atom. The van der Waals surface area contributed by atoms with Crippen molar-refractivity contribution >= 4 is 22.3 Å². The zero-order valence-corrected chi connectivity index (χ0v) is 9.39. The minimum atomic E-state index is -1.03. The molecule has 0 radical (unpaired) electrons. The van der Waals surface area contributed by atoms with Gasteiger partial charge in [0.25, 0.3) is 0 Å². The molecule has 0 amide bonds. The predicted molar refractivity (Wildman–Crippen MR) is 63.3 cm³/mol. The summed E-state index contributed by atoms with van der Waals surface area (Å²) >= 11 is 1.52. The van der Waals surface area contributed by atoms with Gasteiger partial charge in [0.2, 0.25) is 0 Å². The molecule has 1 N–H and O–H groups in total. The molecule has 0 aromatic carbocycles. The summed E-state index contributed by atoms with van der Waals surface area (Å²) < 4.78 is 1.88. The summed E-state index contributed by atoms with van der Waals surface area (Å²) in [5.74, 6) is -1.03. The third-order valence-corrected chi connectivity index (χ3v) is 3.09. The minimum Gasteiger partial charge on any atom is -0.477 e. The summed E-state index contributed by atoms with van der Waals surface area (Å²) in [5, 5.41) is 10.8. The molecule has 0 bridgehead atoms. The van der Waals surface area contributed by atoms with Gasteiger partial charge < -0.3 is 5.11 Å². The van der Waals surface area contributed by atoms with Crippen LogP contribution in [-0.2, 0) is 0 Å². The second kappa shape index (κ2) is 3.67.